The number of hydrogen-bond donors (Lipinski definition) is 4. The molecule has 8 rings (SSSR count). The minimum Gasteiger partial charge on any atom is -0.368 e. The van der Waals surface area contributed by atoms with Crippen molar-refractivity contribution in [1.82, 2.24) is 40.8 Å². The number of carbonyl (C=O) groups excluding carboxylic acids is 3. The minimum atomic E-state index is -0.176. The Balaban J connectivity index is 0.000000178. The molecule has 0 saturated carbocycles. The van der Waals surface area contributed by atoms with Gasteiger partial charge in [-0.25, -0.2) is 19.9 Å². The lowest BCUT2D eigenvalue weighted by atomic mass is 9.97. The number of H-pyrrole nitrogens is 1. The number of aromatic amines is 1. The number of aromatic nitrogens is 4. The first-order valence-corrected chi connectivity index (χ1v) is 23.7. The van der Waals surface area contributed by atoms with Crippen LogP contribution in [0.15, 0.2) is 58.3 Å². The number of nitrogens with one attached hydrogen (secondary N) is 4. The Kier molecular flexibility index (Phi) is 17.2. The lowest BCUT2D eigenvalue weighted by molar-refractivity contribution is -0.112. The molecule has 15 nitrogen and oxygen atoms in total. The number of nitrogens with zero attached hydrogens (tertiary/aromatic N) is 7. The second kappa shape index (κ2) is 22.8. The molecule has 3 aromatic heterocycles. The van der Waals surface area contributed by atoms with Crippen LogP contribution in [-0.2, 0) is 29.5 Å². The number of anilines is 2. The fourth-order valence-electron chi connectivity index (χ4n) is 7.93. The molecule has 4 N–H and O–H groups in total. The van der Waals surface area contributed by atoms with Gasteiger partial charge in [0.25, 0.3) is 17.4 Å². The first-order valence-electron chi connectivity index (χ1n) is 21.8. The third kappa shape index (κ3) is 11.8. The Labute approximate surface area is 397 Å². The summed E-state index contributed by atoms with van der Waals surface area (Å²) < 4.78 is 0. The quantitative estimate of drug-likeness (QED) is 0.118. The van der Waals surface area contributed by atoms with Gasteiger partial charge in [0.2, 0.25) is 0 Å². The van der Waals surface area contributed by atoms with E-state index in [1.54, 1.807) is 26.2 Å². The molecule has 0 unspecified atom stereocenters. The average Bonchev–Trinajstić information content (AvgIpc) is 3.33. The number of amides is 2. The maximum absolute atomic E-state index is 12.3. The third-order valence-electron chi connectivity index (χ3n) is 11.6. The molecule has 5 aromatic rings. The van der Waals surface area contributed by atoms with Crippen LogP contribution in [0.1, 0.15) is 75.0 Å². The van der Waals surface area contributed by atoms with Crippen molar-refractivity contribution < 1.29 is 14.4 Å². The highest BCUT2D eigenvalue weighted by molar-refractivity contribution is 9.08. The zero-order valence-electron chi connectivity index (χ0n) is 37.7. The molecule has 0 aliphatic carbocycles. The standard InChI is InChI=1S/C24H28ClN5O2.C12H18N4O.C11H10BrClN2O/c1-4-18-22(31)13-17-19(28-18)6-5-16(23(17)25)14-29-9-11-30(12-10-29)21-8-7-20(24(32)26-3)27-15(21)2;1-9-11(16-7-5-14-6-8-16)4-3-10(15-9)12(17)13-2;1-2-7-11(16)15-10-8(14-7)4-3-6(5-12)9(10)13/h5-8H,4,9-14H2,1-3H3,(H,26,32);3-4,14H,5-8H2,1-2H3,(H,13,17);3-4H,2,5H2,1H3,(H,15,16). The van der Waals surface area contributed by atoms with Gasteiger partial charge >= 0.3 is 0 Å². The van der Waals surface area contributed by atoms with E-state index in [1.807, 2.05) is 64.1 Å². The number of ketones is 1. The van der Waals surface area contributed by atoms with Gasteiger partial charge < -0.3 is 30.7 Å². The predicted octanol–water partition coefficient (Wildman–Crippen LogP) is 6.53. The number of rotatable bonds is 9. The summed E-state index contributed by atoms with van der Waals surface area (Å²) in [7, 11) is 3.22. The van der Waals surface area contributed by atoms with E-state index in [0.29, 0.717) is 62.9 Å². The fraction of sp³-hybridized carbons (Fsp3) is 0.404. The van der Waals surface area contributed by atoms with Gasteiger partial charge in [-0.05, 0) is 74.2 Å². The Morgan fingerprint density at radius 3 is 1.86 bits per heavy atom. The van der Waals surface area contributed by atoms with E-state index in [1.165, 1.54) is 0 Å². The Hall–Kier alpha value is -5.26. The van der Waals surface area contributed by atoms with Crippen molar-refractivity contribution in [1.29, 1.82) is 0 Å². The summed E-state index contributed by atoms with van der Waals surface area (Å²) in [5, 5.41) is 10.4. The molecule has 6 heterocycles. The van der Waals surface area contributed by atoms with Gasteiger partial charge in [-0.3, -0.25) is 24.1 Å². The molecule has 2 amide bonds. The molecule has 2 fully saturated rings. The number of pyridine rings is 2. The van der Waals surface area contributed by atoms with Crippen molar-refractivity contribution >= 4 is 90.5 Å². The van der Waals surface area contributed by atoms with Crippen LogP contribution >= 0.6 is 39.1 Å². The highest BCUT2D eigenvalue weighted by Gasteiger charge is 2.25. The normalized spacial score (nSPS) is 15.0. The number of aliphatic imine (C=N–C) groups is 1. The highest BCUT2D eigenvalue weighted by Crippen LogP contribution is 2.35. The summed E-state index contributed by atoms with van der Waals surface area (Å²) in [4.78, 5) is 74.5. The molecular weight excluding hydrogens is 933 g/mol. The zero-order valence-corrected chi connectivity index (χ0v) is 40.8. The highest BCUT2D eigenvalue weighted by atomic mass is 79.9. The SMILES string of the molecule is CCC1=Nc2ccc(CN3CCN(c4ccc(C(=O)NC)nc4C)CC3)c(Cl)c2CC1=O.CCc1nc2ccc(CBr)c(Cl)c2[nH]c1=O.CNC(=O)c1ccc(N2CCNCC2)c(C)n1. The van der Waals surface area contributed by atoms with Gasteiger partial charge in [0.15, 0.2) is 5.78 Å². The van der Waals surface area contributed by atoms with E-state index in [4.69, 9.17) is 23.2 Å². The number of carbonyl (C=O) groups is 3. The molecule has 344 valence electrons. The molecule has 0 radical (unpaired) electrons. The number of aryl methyl sites for hydroxylation is 3. The monoisotopic (exact) mass is 987 g/mol. The van der Waals surface area contributed by atoms with Crippen molar-refractivity contribution in [3.05, 3.63) is 114 Å². The first kappa shape index (κ1) is 49.2. The van der Waals surface area contributed by atoms with Crippen molar-refractivity contribution in [2.24, 2.45) is 4.99 Å². The van der Waals surface area contributed by atoms with Gasteiger partial charge in [0.1, 0.15) is 17.1 Å². The molecule has 2 aromatic carbocycles. The second-order valence-corrected chi connectivity index (χ2v) is 17.1. The summed E-state index contributed by atoms with van der Waals surface area (Å²) in [5.41, 5.74) is 10.9. The van der Waals surface area contributed by atoms with Crippen molar-refractivity contribution in [2.75, 3.05) is 76.3 Å². The van der Waals surface area contributed by atoms with Crippen LogP contribution in [0.5, 0.6) is 0 Å². The summed E-state index contributed by atoms with van der Waals surface area (Å²) >= 11 is 16.2. The number of halogens is 3. The van der Waals surface area contributed by atoms with Crippen LogP contribution in [0, 0.1) is 13.8 Å². The van der Waals surface area contributed by atoms with Crippen LogP contribution in [0.25, 0.3) is 11.0 Å². The largest absolute Gasteiger partial charge is 0.368 e. The Bertz CT molecular complexity index is 2640. The minimum absolute atomic E-state index is 0.0686. The van der Waals surface area contributed by atoms with Crippen LogP contribution in [0.4, 0.5) is 17.1 Å². The smallest absolute Gasteiger partial charge is 0.270 e. The van der Waals surface area contributed by atoms with E-state index in [9.17, 15) is 19.2 Å². The molecule has 0 spiro atoms. The Morgan fingerprint density at radius 1 is 0.738 bits per heavy atom. The number of hydrogen-bond acceptors (Lipinski definition) is 12. The molecule has 0 bridgehead atoms. The molecule has 65 heavy (non-hydrogen) atoms. The van der Waals surface area contributed by atoms with Gasteiger partial charge in [-0.15, -0.1) is 0 Å². The number of alkyl halides is 1. The predicted molar refractivity (Wildman–Crippen MR) is 264 cm³/mol. The molecule has 0 atom stereocenters. The number of piperazine rings is 2. The third-order valence-corrected chi connectivity index (χ3v) is 13.1. The Morgan fingerprint density at radius 2 is 1.32 bits per heavy atom. The van der Waals surface area contributed by atoms with Gasteiger partial charge in [-0.1, -0.05) is 65.1 Å². The van der Waals surface area contributed by atoms with E-state index in [2.05, 4.69) is 71.5 Å². The van der Waals surface area contributed by atoms with E-state index >= 15 is 0 Å². The van der Waals surface area contributed by atoms with Gasteiger partial charge in [0, 0.05) is 90.3 Å². The maximum Gasteiger partial charge on any atom is 0.270 e. The van der Waals surface area contributed by atoms with Gasteiger partial charge in [-0.2, -0.15) is 0 Å². The second-order valence-electron chi connectivity index (χ2n) is 15.7. The molecule has 3 aliphatic rings. The maximum atomic E-state index is 12.3. The number of Topliss-reactive ketones (excluding diaryl/α,β-unsaturated/α-hetero) is 1. The summed E-state index contributed by atoms with van der Waals surface area (Å²) in [5.74, 6) is -0.247. The molecule has 2 saturated heterocycles. The van der Waals surface area contributed by atoms with Gasteiger partial charge in [0.05, 0.1) is 55.2 Å². The average molecular weight is 990 g/mol. The van der Waals surface area contributed by atoms with Crippen LogP contribution in [0.2, 0.25) is 10.0 Å². The topological polar surface area (TPSA) is 181 Å². The van der Waals surface area contributed by atoms with Crippen molar-refractivity contribution in [3.8, 4) is 0 Å². The van der Waals surface area contributed by atoms with E-state index < -0.39 is 0 Å². The summed E-state index contributed by atoms with van der Waals surface area (Å²) in [6.07, 6.45) is 1.59. The molecule has 18 heteroatoms. The van der Waals surface area contributed by atoms with Crippen LogP contribution < -0.4 is 31.3 Å². The number of fused-ring (bicyclic) bond motifs is 2. The lowest BCUT2D eigenvalue weighted by Gasteiger charge is -2.36. The lowest BCUT2D eigenvalue weighted by Crippen LogP contribution is -2.46. The van der Waals surface area contributed by atoms with Crippen LogP contribution in [-0.4, -0.2) is 115 Å². The van der Waals surface area contributed by atoms with Crippen molar-refractivity contribution in [3.63, 3.8) is 0 Å². The van der Waals surface area contributed by atoms with Crippen molar-refractivity contribution in [2.45, 2.75) is 58.8 Å². The fourth-order valence-corrected chi connectivity index (χ4v) is 9.11. The summed E-state index contributed by atoms with van der Waals surface area (Å²) in [6, 6.07) is 15.3. The molecular formula is C47H56BrCl2N11O4. The molecule has 3 aliphatic heterocycles. The number of benzene rings is 2. The zero-order chi connectivity index (χ0) is 46.8. The summed E-state index contributed by atoms with van der Waals surface area (Å²) in [6.45, 7) is 16.0. The first-order chi connectivity index (χ1) is 31.3. The van der Waals surface area contributed by atoms with E-state index in [-0.39, 0.29) is 23.2 Å². The van der Waals surface area contributed by atoms with Crippen LogP contribution in [0.3, 0.4) is 0 Å². The van der Waals surface area contributed by atoms with E-state index in [0.717, 1.165) is 110 Å².